The zero-order valence-electron chi connectivity index (χ0n) is 28.0. The van der Waals surface area contributed by atoms with Gasteiger partial charge in [0.1, 0.15) is 24.1 Å². The third-order valence-corrected chi connectivity index (χ3v) is 8.39. The molecule has 0 bridgehead atoms. The lowest BCUT2D eigenvalue weighted by molar-refractivity contribution is -0.203. The molecule has 1 amide bonds. The molecule has 1 fully saturated rings. The first-order valence-electron chi connectivity index (χ1n) is 16.2. The SMILES string of the molecule is COCCCN1CCOc2ccc(CO[C@H]3CN(C(=O)O)CC[C@]3(OCC(C)(C)O)c3ccc(COC[C@@H](C)COC)cc3)cc21. The third kappa shape index (κ3) is 9.79. The third-order valence-electron chi connectivity index (χ3n) is 8.39. The Labute approximate surface area is 273 Å². The number of rotatable bonds is 17. The number of aliphatic hydroxyl groups is 1. The van der Waals surface area contributed by atoms with Crippen LogP contribution in [-0.2, 0) is 42.5 Å². The number of piperidine rings is 1. The molecule has 0 aromatic heterocycles. The molecule has 2 aliphatic heterocycles. The lowest BCUT2D eigenvalue weighted by atomic mass is 9.81. The normalized spacial score (nSPS) is 20.7. The summed E-state index contributed by atoms with van der Waals surface area (Å²) in [6.07, 6.45) is -0.363. The second-order valence-corrected chi connectivity index (χ2v) is 13.0. The maximum absolute atomic E-state index is 12.1. The van der Waals surface area contributed by atoms with Crippen molar-refractivity contribution in [2.24, 2.45) is 5.92 Å². The standard InChI is InChI=1S/C35H52N2O9/c1-26(21-42-5)22-43-23-27-7-10-29(11-8-27)35(46-25-34(2,3)40)13-15-37(33(38)39)20-32(35)45-24-28-9-12-31-30(19-28)36(16-18-44-31)14-6-17-41-4/h7-12,19,26,32,40H,6,13-18,20-25H2,1-5H3,(H,38,39)/t26-,32-,35-/m0/s1. The fraction of sp³-hybridized carbons (Fsp3) is 0.629. The smallest absolute Gasteiger partial charge is 0.407 e. The van der Waals surface area contributed by atoms with Gasteiger partial charge in [-0.1, -0.05) is 37.3 Å². The van der Waals surface area contributed by atoms with Crippen LogP contribution in [0.2, 0.25) is 0 Å². The first-order chi connectivity index (χ1) is 22.0. The molecule has 0 saturated carbocycles. The van der Waals surface area contributed by atoms with Crippen molar-refractivity contribution in [3.63, 3.8) is 0 Å². The molecule has 4 rings (SSSR count). The Morgan fingerprint density at radius 2 is 1.83 bits per heavy atom. The number of likely N-dealkylation sites (tertiary alicyclic amines) is 1. The topological polar surface area (TPSA) is 119 Å². The number of ether oxygens (including phenoxy) is 6. The van der Waals surface area contributed by atoms with Crippen molar-refractivity contribution in [2.75, 3.05) is 78.3 Å². The van der Waals surface area contributed by atoms with Gasteiger partial charge >= 0.3 is 6.09 Å². The minimum atomic E-state index is -1.10. The average molecular weight is 645 g/mol. The van der Waals surface area contributed by atoms with E-state index in [0.717, 1.165) is 47.6 Å². The molecular weight excluding hydrogens is 592 g/mol. The predicted octanol–water partition coefficient (Wildman–Crippen LogP) is 4.67. The molecular formula is C35H52N2O9. The molecule has 2 aliphatic rings. The number of nitrogens with zero attached hydrogens (tertiary/aromatic N) is 2. The lowest BCUT2D eigenvalue weighted by Crippen LogP contribution is -2.57. The summed E-state index contributed by atoms with van der Waals surface area (Å²) in [6.45, 7) is 10.8. The summed E-state index contributed by atoms with van der Waals surface area (Å²) in [5, 5.41) is 20.6. The summed E-state index contributed by atoms with van der Waals surface area (Å²) in [4.78, 5) is 15.8. The Balaban J connectivity index is 1.57. The van der Waals surface area contributed by atoms with Gasteiger partial charge in [0.15, 0.2) is 0 Å². The Bertz CT molecular complexity index is 1240. The number of carboxylic acid groups (broad SMARTS) is 1. The van der Waals surface area contributed by atoms with Crippen LogP contribution in [0.1, 0.15) is 50.3 Å². The van der Waals surface area contributed by atoms with Gasteiger partial charge in [0, 0.05) is 46.3 Å². The van der Waals surface area contributed by atoms with Crippen LogP contribution in [0.5, 0.6) is 5.75 Å². The van der Waals surface area contributed by atoms with Crippen molar-refractivity contribution < 1.29 is 43.4 Å². The van der Waals surface area contributed by atoms with E-state index >= 15 is 0 Å². The number of carbonyl (C=O) groups is 1. The van der Waals surface area contributed by atoms with Gasteiger partial charge in [-0.25, -0.2) is 4.79 Å². The number of fused-ring (bicyclic) bond motifs is 1. The van der Waals surface area contributed by atoms with Crippen LogP contribution in [0.3, 0.4) is 0 Å². The summed E-state index contributed by atoms with van der Waals surface area (Å²) in [7, 11) is 3.39. The van der Waals surface area contributed by atoms with Crippen molar-refractivity contribution in [2.45, 2.75) is 64.1 Å². The quantitative estimate of drug-likeness (QED) is 0.235. The van der Waals surface area contributed by atoms with Gasteiger partial charge in [-0.2, -0.15) is 0 Å². The maximum Gasteiger partial charge on any atom is 0.407 e. The zero-order chi connectivity index (χ0) is 33.2. The van der Waals surface area contributed by atoms with E-state index in [0.29, 0.717) is 45.4 Å². The predicted molar refractivity (Wildman–Crippen MR) is 175 cm³/mol. The minimum absolute atomic E-state index is 0.0504. The van der Waals surface area contributed by atoms with Gasteiger partial charge in [0.05, 0.1) is 57.4 Å². The Morgan fingerprint density at radius 1 is 1.07 bits per heavy atom. The highest BCUT2D eigenvalue weighted by Gasteiger charge is 2.48. The molecule has 2 heterocycles. The van der Waals surface area contributed by atoms with Crippen LogP contribution < -0.4 is 9.64 Å². The summed E-state index contributed by atoms with van der Waals surface area (Å²) >= 11 is 0. The van der Waals surface area contributed by atoms with E-state index in [9.17, 15) is 15.0 Å². The summed E-state index contributed by atoms with van der Waals surface area (Å²) in [5.41, 5.74) is 1.75. The molecule has 46 heavy (non-hydrogen) atoms. The molecule has 3 atom stereocenters. The van der Waals surface area contributed by atoms with Crippen LogP contribution in [0.15, 0.2) is 42.5 Å². The monoisotopic (exact) mass is 644 g/mol. The highest BCUT2D eigenvalue weighted by Crippen LogP contribution is 2.41. The fourth-order valence-corrected chi connectivity index (χ4v) is 5.98. The fourth-order valence-electron chi connectivity index (χ4n) is 5.98. The van der Waals surface area contributed by atoms with Crippen LogP contribution in [-0.4, -0.2) is 106 Å². The van der Waals surface area contributed by atoms with Gasteiger partial charge in [0.2, 0.25) is 0 Å². The second kappa shape index (κ2) is 16.8. The van der Waals surface area contributed by atoms with E-state index in [1.165, 1.54) is 4.90 Å². The summed E-state index contributed by atoms with van der Waals surface area (Å²) < 4.78 is 35.5. The van der Waals surface area contributed by atoms with Gasteiger partial charge in [-0.05, 0) is 49.1 Å². The summed E-state index contributed by atoms with van der Waals surface area (Å²) in [5.74, 6) is 1.13. The van der Waals surface area contributed by atoms with Crippen LogP contribution in [0, 0.1) is 5.92 Å². The molecule has 0 unspecified atom stereocenters. The van der Waals surface area contributed by atoms with Crippen molar-refractivity contribution in [1.29, 1.82) is 0 Å². The molecule has 256 valence electrons. The van der Waals surface area contributed by atoms with E-state index in [-0.39, 0.29) is 26.3 Å². The van der Waals surface area contributed by atoms with E-state index in [2.05, 4.69) is 17.9 Å². The van der Waals surface area contributed by atoms with Crippen molar-refractivity contribution >= 4 is 11.8 Å². The molecule has 0 aliphatic carbocycles. The maximum atomic E-state index is 12.1. The van der Waals surface area contributed by atoms with E-state index in [1.807, 2.05) is 36.4 Å². The van der Waals surface area contributed by atoms with Crippen LogP contribution >= 0.6 is 0 Å². The molecule has 0 spiro atoms. The molecule has 1 saturated heterocycles. The Kier molecular flexibility index (Phi) is 13.1. The molecule has 2 aromatic carbocycles. The van der Waals surface area contributed by atoms with Crippen LogP contribution in [0.4, 0.5) is 10.5 Å². The second-order valence-electron chi connectivity index (χ2n) is 13.0. The number of hydrogen-bond donors (Lipinski definition) is 2. The van der Waals surface area contributed by atoms with Gasteiger partial charge in [0.25, 0.3) is 0 Å². The van der Waals surface area contributed by atoms with E-state index in [4.69, 9.17) is 28.4 Å². The highest BCUT2D eigenvalue weighted by atomic mass is 16.6. The van der Waals surface area contributed by atoms with Gasteiger partial charge < -0.3 is 48.4 Å². The minimum Gasteiger partial charge on any atom is -0.490 e. The Morgan fingerprint density at radius 3 is 2.52 bits per heavy atom. The first kappa shape index (κ1) is 35.9. The van der Waals surface area contributed by atoms with Crippen molar-refractivity contribution in [3.8, 4) is 5.75 Å². The van der Waals surface area contributed by atoms with E-state index < -0.39 is 23.4 Å². The number of amides is 1. The first-order valence-corrected chi connectivity index (χ1v) is 16.2. The molecule has 2 aromatic rings. The van der Waals surface area contributed by atoms with Gasteiger partial charge in [-0.15, -0.1) is 0 Å². The molecule has 11 heteroatoms. The summed E-state index contributed by atoms with van der Waals surface area (Å²) in [6, 6.07) is 14.1. The number of methoxy groups -OCH3 is 2. The Hall–Kier alpha value is -2.93. The molecule has 11 nitrogen and oxygen atoms in total. The van der Waals surface area contributed by atoms with Crippen molar-refractivity contribution in [3.05, 3.63) is 59.2 Å². The lowest BCUT2D eigenvalue weighted by Gasteiger charge is -2.47. The number of benzene rings is 2. The zero-order valence-corrected chi connectivity index (χ0v) is 28.0. The molecule has 2 N–H and O–H groups in total. The number of anilines is 1. The highest BCUT2D eigenvalue weighted by molar-refractivity contribution is 5.65. The molecule has 0 radical (unpaired) electrons. The largest absolute Gasteiger partial charge is 0.490 e. The van der Waals surface area contributed by atoms with Crippen LogP contribution in [0.25, 0.3) is 0 Å². The average Bonchev–Trinajstić information content (AvgIpc) is 3.03. The van der Waals surface area contributed by atoms with E-state index in [1.54, 1.807) is 28.1 Å². The van der Waals surface area contributed by atoms with Gasteiger partial charge in [-0.3, -0.25) is 0 Å². The number of hydrogen-bond acceptors (Lipinski definition) is 9. The van der Waals surface area contributed by atoms with Crippen molar-refractivity contribution in [1.82, 2.24) is 4.90 Å².